The molecule has 10 heteroatoms. The Morgan fingerprint density at radius 3 is 2.83 bits per heavy atom. The molecule has 0 spiro atoms. The van der Waals surface area contributed by atoms with Gasteiger partial charge in [0.05, 0.1) is 0 Å². The maximum absolute atomic E-state index is 12.4. The topological polar surface area (TPSA) is 106 Å². The first-order chi connectivity index (χ1) is 11.0. The number of anilines is 2. The molecule has 2 rings (SSSR count). The van der Waals surface area contributed by atoms with Gasteiger partial charge in [0.15, 0.2) is 16.0 Å². The first-order valence-corrected chi connectivity index (χ1v) is 8.29. The molecule has 122 valence electrons. The summed E-state index contributed by atoms with van der Waals surface area (Å²) >= 11 is 2.58. The Labute approximate surface area is 140 Å². The summed E-state index contributed by atoms with van der Waals surface area (Å²) in [4.78, 5) is 36.8. The first kappa shape index (κ1) is 17.0. The van der Waals surface area contributed by atoms with Crippen LogP contribution in [0.3, 0.4) is 0 Å². The van der Waals surface area contributed by atoms with Crippen LogP contribution in [0.25, 0.3) is 0 Å². The molecule has 0 aliphatic carbocycles. The van der Waals surface area contributed by atoms with E-state index >= 15 is 0 Å². The third-order valence-electron chi connectivity index (χ3n) is 2.64. The molecule has 0 saturated heterocycles. The monoisotopic (exact) mass is 353 g/mol. The molecule has 0 atom stereocenters. The van der Waals surface area contributed by atoms with Crippen molar-refractivity contribution in [1.29, 1.82) is 0 Å². The maximum Gasteiger partial charge on any atom is 0.281 e. The van der Waals surface area contributed by atoms with Crippen LogP contribution in [-0.4, -0.2) is 35.1 Å². The van der Waals surface area contributed by atoms with Crippen molar-refractivity contribution in [2.75, 3.05) is 17.7 Å². The van der Waals surface area contributed by atoms with Gasteiger partial charge in [0.1, 0.15) is 12.8 Å². The zero-order valence-corrected chi connectivity index (χ0v) is 14.3. The molecule has 2 amide bonds. The summed E-state index contributed by atoms with van der Waals surface area (Å²) in [6.07, 6.45) is 2.24. The highest BCUT2D eigenvalue weighted by molar-refractivity contribution is 7.16. The molecule has 0 radical (unpaired) electrons. The molecule has 2 aromatic heterocycles. The van der Waals surface area contributed by atoms with E-state index in [-0.39, 0.29) is 5.71 Å². The molecule has 0 aliphatic heterocycles. The van der Waals surface area contributed by atoms with E-state index in [1.807, 2.05) is 13.8 Å². The van der Waals surface area contributed by atoms with Crippen LogP contribution < -0.4 is 10.6 Å². The zero-order valence-electron chi connectivity index (χ0n) is 12.7. The Morgan fingerprint density at radius 1 is 1.43 bits per heavy atom. The van der Waals surface area contributed by atoms with Crippen LogP contribution in [0.1, 0.15) is 30.3 Å². The van der Waals surface area contributed by atoms with E-state index in [0.29, 0.717) is 28.3 Å². The van der Waals surface area contributed by atoms with Gasteiger partial charge in [-0.3, -0.25) is 14.9 Å². The number of nitrogens with one attached hydrogen (secondary N) is 2. The lowest BCUT2D eigenvalue weighted by molar-refractivity contribution is -0.110. The lowest BCUT2D eigenvalue weighted by Gasteiger charge is -2.03. The predicted molar refractivity (Wildman–Crippen MR) is 90.2 cm³/mol. The highest BCUT2D eigenvalue weighted by Crippen LogP contribution is 2.25. The van der Waals surface area contributed by atoms with Gasteiger partial charge >= 0.3 is 0 Å². The lowest BCUT2D eigenvalue weighted by atomic mass is 10.2. The number of rotatable bonds is 7. The number of oxime groups is 1. The molecule has 0 fully saturated rings. The molecule has 0 bridgehead atoms. The van der Waals surface area contributed by atoms with Crippen molar-refractivity contribution in [1.82, 2.24) is 9.97 Å². The Bertz CT molecular complexity index is 723. The Kier molecular flexibility index (Phi) is 5.77. The molecule has 2 N–H and O–H groups in total. The Hall–Kier alpha value is -2.33. The third kappa shape index (κ3) is 4.33. The van der Waals surface area contributed by atoms with Crippen molar-refractivity contribution in [3.05, 3.63) is 22.1 Å². The van der Waals surface area contributed by atoms with E-state index < -0.39 is 5.91 Å². The second-order valence-corrected chi connectivity index (χ2v) is 6.52. The lowest BCUT2D eigenvalue weighted by Crippen LogP contribution is -2.24. The smallest absolute Gasteiger partial charge is 0.281 e. The summed E-state index contributed by atoms with van der Waals surface area (Å²) in [5.41, 5.74) is 0.309. The van der Waals surface area contributed by atoms with Gasteiger partial charge in [0.2, 0.25) is 6.41 Å². The van der Waals surface area contributed by atoms with Crippen LogP contribution in [0.4, 0.5) is 10.3 Å². The van der Waals surface area contributed by atoms with Crippen molar-refractivity contribution >= 4 is 51.0 Å². The molecular weight excluding hydrogens is 338 g/mol. The molecule has 0 aliphatic rings. The van der Waals surface area contributed by atoms with Gasteiger partial charge in [-0.1, -0.05) is 19.0 Å². The Balaban J connectivity index is 2.17. The summed E-state index contributed by atoms with van der Waals surface area (Å²) in [7, 11) is 1.34. The van der Waals surface area contributed by atoms with E-state index in [2.05, 4.69) is 25.8 Å². The van der Waals surface area contributed by atoms with Crippen molar-refractivity contribution < 1.29 is 14.4 Å². The van der Waals surface area contributed by atoms with Crippen molar-refractivity contribution in [2.24, 2.45) is 5.16 Å². The van der Waals surface area contributed by atoms with Gasteiger partial charge in [0, 0.05) is 16.5 Å². The number of carbonyl (C=O) groups excluding carboxylic acids is 2. The molecule has 0 saturated carbocycles. The van der Waals surface area contributed by atoms with Crippen LogP contribution in [0.5, 0.6) is 0 Å². The number of hydrogen-bond donors (Lipinski definition) is 2. The molecule has 2 heterocycles. The largest absolute Gasteiger partial charge is 0.398 e. The molecular formula is C13H15N5O3S2. The zero-order chi connectivity index (χ0) is 16.8. The van der Waals surface area contributed by atoms with E-state index in [1.54, 1.807) is 11.6 Å². The minimum atomic E-state index is -0.487. The number of amides is 2. The van der Waals surface area contributed by atoms with Gasteiger partial charge in [-0.25, -0.2) is 9.97 Å². The van der Waals surface area contributed by atoms with Gasteiger partial charge in [-0.05, 0) is 5.92 Å². The molecule has 23 heavy (non-hydrogen) atoms. The first-order valence-electron chi connectivity index (χ1n) is 6.59. The van der Waals surface area contributed by atoms with E-state index in [1.165, 1.54) is 29.8 Å². The summed E-state index contributed by atoms with van der Waals surface area (Å²) in [5, 5.41) is 11.2. The highest BCUT2D eigenvalue weighted by atomic mass is 32.1. The quantitative estimate of drug-likeness (QED) is 0.451. The standard InChI is InChI=1S/C13H15N5O3S2/c1-7(2)9-4-14-13(23-9)17-11(20)10(18-21-3)8-5-22-12(16-8)15-6-19/h4-7H,1-3H3,(H,14,17,20)(H,15,16,19). The minimum Gasteiger partial charge on any atom is -0.398 e. The van der Waals surface area contributed by atoms with Gasteiger partial charge in [-0.15, -0.1) is 22.7 Å². The normalized spacial score (nSPS) is 11.4. The van der Waals surface area contributed by atoms with Gasteiger partial charge in [-0.2, -0.15) is 0 Å². The number of aromatic nitrogens is 2. The summed E-state index contributed by atoms with van der Waals surface area (Å²) in [5.74, 6) is -0.153. The maximum atomic E-state index is 12.4. The molecule has 2 aromatic rings. The fourth-order valence-electron chi connectivity index (χ4n) is 1.56. The number of thiazole rings is 2. The van der Waals surface area contributed by atoms with Crippen LogP contribution in [0.15, 0.2) is 16.7 Å². The van der Waals surface area contributed by atoms with Crippen molar-refractivity contribution in [2.45, 2.75) is 19.8 Å². The fraction of sp³-hybridized carbons (Fsp3) is 0.308. The third-order valence-corrected chi connectivity index (χ3v) is 4.63. The van der Waals surface area contributed by atoms with Crippen LogP contribution in [-0.2, 0) is 14.4 Å². The predicted octanol–water partition coefficient (Wildman–Crippen LogP) is 2.28. The number of nitrogens with zero attached hydrogens (tertiary/aromatic N) is 3. The Morgan fingerprint density at radius 2 is 2.22 bits per heavy atom. The summed E-state index contributed by atoms with van der Waals surface area (Å²) in [6.45, 7) is 4.10. The average Bonchev–Trinajstić information content (AvgIpc) is 3.14. The summed E-state index contributed by atoms with van der Waals surface area (Å²) < 4.78 is 0. The van der Waals surface area contributed by atoms with Gasteiger partial charge < -0.3 is 10.2 Å². The molecule has 0 unspecified atom stereocenters. The van der Waals surface area contributed by atoms with Crippen molar-refractivity contribution in [3.63, 3.8) is 0 Å². The summed E-state index contributed by atoms with van der Waals surface area (Å²) in [6, 6.07) is 0. The molecule has 8 nitrogen and oxygen atoms in total. The van der Waals surface area contributed by atoms with Crippen LogP contribution >= 0.6 is 22.7 Å². The van der Waals surface area contributed by atoms with Crippen LogP contribution in [0, 0.1) is 0 Å². The minimum absolute atomic E-state index is 0.00370. The van der Waals surface area contributed by atoms with Crippen molar-refractivity contribution in [3.8, 4) is 0 Å². The van der Waals surface area contributed by atoms with E-state index in [0.717, 1.165) is 4.88 Å². The fourth-order valence-corrected chi connectivity index (χ4v) is 3.03. The van der Waals surface area contributed by atoms with Crippen LogP contribution in [0.2, 0.25) is 0 Å². The number of hydrogen-bond acceptors (Lipinski definition) is 8. The van der Waals surface area contributed by atoms with E-state index in [4.69, 9.17) is 4.84 Å². The van der Waals surface area contributed by atoms with Gasteiger partial charge in [0.25, 0.3) is 5.91 Å². The second kappa shape index (κ2) is 7.79. The highest BCUT2D eigenvalue weighted by Gasteiger charge is 2.20. The SMILES string of the molecule is CON=C(C(=O)Nc1ncc(C(C)C)s1)c1csc(NC=O)n1. The average molecular weight is 353 g/mol. The number of carbonyl (C=O) groups is 2. The van der Waals surface area contributed by atoms with E-state index in [9.17, 15) is 9.59 Å². The molecule has 0 aromatic carbocycles. The second-order valence-electron chi connectivity index (χ2n) is 4.60.